The van der Waals surface area contributed by atoms with Crippen molar-refractivity contribution < 1.29 is 9.18 Å². The normalized spacial score (nSPS) is 10.7. The highest BCUT2D eigenvalue weighted by molar-refractivity contribution is 5.99. The Morgan fingerprint density at radius 3 is 2.67 bits per heavy atom. The number of nitrogens with zero attached hydrogens (tertiary/aromatic N) is 2. The Hall–Kier alpha value is -2.43. The number of hydrogen-bond donors (Lipinski definition) is 1. The first kappa shape index (κ1) is 15.0. The Morgan fingerprint density at radius 1 is 1.33 bits per heavy atom. The third kappa shape index (κ3) is 3.56. The van der Waals surface area contributed by atoms with Crippen LogP contribution in [0.2, 0.25) is 0 Å². The average molecular weight is 287 g/mol. The number of nitrogens with two attached hydrogens (primary N) is 1. The largest absolute Gasteiger partial charge is 0.398 e. The van der Waals surface area contributed by atoms with Gasteiger partial charge in [0.1, 0.15) is 5.82 Å². The molecule has 0 aliphatic heterocycles. The summed E-state index contributed by atoms with van der Waals surface area (Å²) in [6.07, 6.45) is 1.69. The highest BCUT2D eigenvalue weighted by Crippen LogP contribution is 2.18. The van der Waals surface area contributed by atoms with Crippen molar-refractivity contribution in [2.45, 2.75) is 26.4 Å². The standard InChI is InChI=1S/C16H18FN3O/c1-11(2)20(10-13-5-3-4-8-19-13)16(21)14-7-6-12(17)9-15(14)18/h3-9,11H,10,18H2,1-2H3. The van der Waals surface area contributed by atoms with Gasteiger partial charge in [-0.25, -0.2) is 4.39 Å². The Kier molecular flexibility index (Phi) is 4.52. The van der Waals surface area contributed by atoms with Crippen LogP contribution in [0.1, 0.15) is 29.9 Å². The molecule has 0 radical (unpaired) electrons. The minimum Gasteiger partial charge on any atom is -0.398 e. The molecule has 0 aliphatic carbocycles. The van der Waals surface area contributed by atoms with Crippen molar-refractivity contribution in [3.8, 4) is 0 Å². The van der Waals surface area contributed by atoms with Crippen LogP contribution in [-0.4, -0.2) is 21.8 Å². The number of anilines is 1. The molecule has 4 nitrogen and oxygen atoms in total. The van der Waals surface area contributed by atoms with Crippen molar-refractivity contribution in [3.63, 3.8) is 0 Å². The molecule has 0 spiro atoms. The first-order valence-electron chi connectivity index (χ1n) is 6.75. The summed E-state index contributed by atoms with van der Waals surface area (Å²) in [5.74, 6) is -0.682. The summed E-state index contributed by atoms with van der Waals surface area (Å²) in [5.41, 5.74) is 6.99. The van der Waals surface area contributed by atoms with Gasteiger partial charge < -0.3 is 10.6 Å². The molecule has 110 valence electrons. The predicted molar refractivity (Wildman–Crippen MR) is 80.1 cm³/mol. The Bertz CT molecular complexity index is 629. The first-order chi connectivity index (χ1) is 9.99. The molecule has 2 aromatic rings. The molecule has 0 bridgehead atoms. The number of pyridine rings is 1. The van der Waals surface area contributed by atoms with Gasteiger partial charge in [0.15, 0.2) is 0 Å². The molecule has 1 amide bonds. The monoisotopic (exact) mass is 287 g/mol. The number of hydrogen-bond acceptors (Lipinski definition) is 3. The van der Waals surface area contributed by atoms with Gasteiger partial charge in [-0.05, 0) is 44.2 Å². The molecule has 0 saturated heterocycles. The molecule has 21 heavy (non-hydrogen) atoms. The van der Waals surface area contributed by atoms with Crippen LogP contribution in [0.4, 0.5) is 10.1 Å². The number of halogens is 1. The smallest absolute Gasteiger partial charge is 0.256 e. The zero-order valence-corrected chi connectivity index (χ0v) is 12.1. The molecule has 1 aromatic carbocycles. The van der Waals surface area contributed by atoms with Gasteiger partial charge >= 0.3 is 0 Å². The molecule has 2 rings (SSSR count). The van der Waals surface area contributed by atoms with Gasteiger partial charge in [-0.15, -0.1) is 0 Å². The van der Waals surface area contributed by atoms with Crippen molar-refractivity contribution in [1.82, 2.24) is 9.88 Å². The van der Waals surface area contributed by atoms with E-state index in [1.165, 1.54) is 12.1 Å². The molecular weight excluding hydrogens is 269 g/mol. The molecule has 2 N–H and O–H groups in total. The maximum absolute atomic E-state index is 13.1. The van der Waals surface area contributed by atoms with Crippen LogP contribution in [0.25, 0.3) is 0 Å². The van der Waals surface area contributed by atoms with E-state index in [-0.39, 0.29) is 17.6 Å². The van der Waals surface area contributed by atoms with E-state index in [2.05, 4.69) is 4.98 Å². The van der Waals surface area contributed by atoms with E-state index < -0.39 is 5.82 Å². The van der Waals surface area contributed by atoms with Crippen LogP contribution in [0, 0.1) is 5.82 Å². The van der Waals surface area contributed by atoms with E-state index >= 15 is 0 Å². The van der Waals surface area contributed by atoms with Crippen molar-refractivity contribution in [2.75, 3.05) is 5.73 Å². The number of nitrogen functional groups attached to an aromatic ring is 1. The average Bonchev–Trinajstić information content (AvgIpc) is 2.45. The summed E-state index contributed by atoms with van der Waals surface area (Å²) in [6.45, 7) is 4.22. The van der Waals surface area contributed by atoms with Crippen LogP contribution in [-0.2, 0) is 6.54 Å². The second kappa shape index (κ2) is 6.35. The zero-order valence-electron chi connectivity index (χ0n) is 12.1. The van der Waals surface area contributed by atoms with Crippen LogP contribution < -0.4 is 5.73 Å². The topological polar surface area (TPSA) is 59.2 Å². The second-order valence-electron chi connectivity index (χ2n) is 5.08. The fraction of sp³-hybridized carbons (Fsp3) is 0.250. The van der Waals surface area contributed by atoms with E-state index in [1.807, 2.05) is 32.0 Å². The quantitative estimate of drug-likeness (QED) is 0.880. The number of amides is 1. The number of benzene rings is 1. The van der Waals surface area contributed by atoms with Crippen LogP contribution in [0.15, 0.2) is 42.6 Å². The summed E-state index contributed by atoms with van der Waals surface area (Å²) in [7, 11) is 0. The molecular formula is C16H18FN3O. The maximum Gasteiger partial charge on any atom is 0.256 e. The van der Waals surface area contributed by atoms with Crippen LogP contribution in [0.5, 0.6) is 0 Å². The van der Waals surface area contributed by atoms with Gasteiger partial charge in [0, 0.05) is 17.9 Å². The van der Waals surface area contributed by atoms with Gasteiger partial charge in [-0.3, -0.25) is 9.78 Å². The van der Waals surface area contributed by atoms with E-state index in [0.717, 1.165) is 11.8 Å². The molecule has 5 heteroatoms. The second-order valence-corrected chi connectivity index (χ2v) is 5.08. The van der Waals surface area contributed by atoms with Crippen molar-refractivity contribution >= 4 is 11.6 Å². The lowest BCUT2D eigenvalue weighted by molar-refractivity contribution is 0.0689. The van der Waals surface area contributed by atoms with Gasteiger partial charge in [-0.1, -0.05) is 6.07 Å². The van der Waals surface area contributed by atoms with Crippen LogP contribution >= 0.6 is 0 Å². The van der Waals surface area contributed by atoms with Gasteiger partial charge in [0.2, 0.25) is 0 Å². The van der Waals surface area contributed by atoms with E-state index in [0.29, 0.717) is 12.1 Å². The van der Waals surface area contributed by atoms with E-state index in [1.54, 1.807) is 11.1 Å². The molecule has 0 atom stereocenters. The highest BCUT2D eigenvalue weighted by atomic mass is 19.1. The maximum atomic E-state index is 13.1. The summed E-state index contributed by atoms with van der Waals surface area (Å²) in [5, 5.41) is 0. The molecule has 0 saturated carbocycles. The minimum absolute atomic E-state index is 0.0241. The summed E-state index contributed by atoms with van der Waals surface area (Å²) in [4.78, 5) is 18.5. The summed E-state index contributed by atoms with van der Waals surface area (Å²) in [6, 6.07) is 9.34. The number of aromatic nitrogens is 1. The molecule has 1 aromatic heterocycles. The third-order valence-corrected chi connectivity index (χ3v) is 3.19. The fourth-order valence-electron chi connectivity index (χ4n) is 2.04. The Morgan fingerprint density at radius 2 is 2.10 bits per heavy atom. The van der Waals surface area contributed by atoms with Gasteiger partial charge in [-0.2, -0.15) is 0 Å². The predicted octanol–water partition coefficient (Wildman–Crippen LogP) is 2.85. The fourth-order valence-corrected chi connectivity index (χ4v) is 2.04. The lowest BCUT2D eigenvalue weighted by atomic mass is 10.1. The first-order valence-corrected chi connectivity index (χ1v) is 6.75. The molecule has 0 aliphatic rings. The van der Waals surface area contributed by atoms with E-state index in [9.17, 15) is 9.18 Å². The van der Waals surface area contributed by atoms with Crippen molar-refractivity contribution in [1.29, 1.82) is 0 Å². The lowest BCUT2D eigenvalue weighted by Gasteiger charge is -2.27. The third-order valence-electron chi connectivity index (χ3n) is 3.19. The number of carbonyl (C=O) groups excluding carboxylic acids is 1. The minimum atomic E-state index is -0.454. The van der Waals surface area contributed by atoms with Crippen LogP contribution in [0.3, 0.4) is 0 Å². The Balaban J connectivity index is 2.27. The number of rotatable bonds is 4. The lowest BCUT2D eigenvalue weighted by Crippen LogP contribution is -2.37. The number of carbonyl (C=O) groups is 1. The van der Waals surface area contributed by atoms with Crippen molar-refractivity contribution in [3.05, 3.63) is 59.7 Å². The van der Waals surface area contributed by atoms with Gasteiger partial charge in [0.05, 0.1) is 17.8 Å². The summed E-state index contributed by atoms with van der Waals surface area (Å²) >= 11 is 0. The van der Waals surface area contributed by atoms with Crippen molar-refractivity contribution in [2.24, 2.45) is 0 Å². The molecule has 0 fully saturated rings. The van der Waals surface area contributed by atoms with Gasteiger partial charge in [0.25, 0.3) is 5.91 Å². The van der Waals surface area contributed by atoms with E-state index in [4.69, 9.17) is 5.73 Å². The molecule has 1 heterocycles. The zero-order chi connectivity index (χ0) is 15.4. The Labute approximate surface area is 123 Å². The summed E-state index contributed by atoms with van der Waals surface area (Å²) < 4.78 is 13.1. The SMILES string of the molecule is CC(C)N(Cc1ccccn1)C(=O)c1ccc(F)cc1N. The molecule has 0 unspecified atom stereocenters. The highest BCUT2D eigenvalue weighted by Gasteiger charge is 2.21.